The maximum atomic E-state index is 12.5. The summed E-state index contributed by atoms with van der Waals surface area (Å²) in [5.41, 5.74) is 2.07. The van der Waals surface area contributed by atoms with E-state index in [0.29, 0.717) is 42.7 Å². The van der Waals surface area contributed by atoms with Crippen molar-refractivity contribution in [2.75, 3.05) is 18.4 Å². The molecule has 1 saturated heterocycles. The number of benzene rings is 2. The van der Waals surface area contributed by atoms with Crippen LogP contribution in [-0.2, 0) is 4.79 Å². The van der Waals surface area contributed by atoms with E-state index < -0.39 is 5.97 Å². The van der Waals surface area contributed by atoms with Crippen molar-refractivity contribution in [2.24, 2.45) is 5.92 Å². The van der Waals surface area contributed by atoms with Gasteiger partial charge in [-0.3, -0.25) is 9.59 Å². The van der Waals surface area contributed by atoms with Crippen LogP contribution in [0.15, 0.2) is 48.5 Å². The van der Waals surface area contributed by atoms with Gasteiger partial charge in [0.15, 0.2) is 0 Å². The van der Waals surface area contributed by atoms with Crippen LogP contribution in [0.25, 0.3) is 0 Å². The van der Waals surface area contributed by atoms with Crippen molar-refractivity contribution >= 4 is 23.5 Å². The number of carbonyl (C=O) groups excluding carboxylic acids is 2. The highest BCUT2D eigenvalue weighted by Crippen LogP contribution is 2.22. The third-order valence-corrected chi connectivity index (χ3v) is 4.90. The zero-order valence-electron chi connectivity index (χ0n) is 15.1. The van der Waals surface area contributed by atoms with Gasteiger partial charge < -0.3 is 15.3 Å². The molecule has 1 heterocycles. The summed E-state index contributed by atoms with van der Waals surface area (Å²) in [6.07, 6.45) is 1.22. The number of anilines is 1. The molecule has 2 aromatic rings. The van der Waals surface area contributed by atoms with Crippen LogP contribution in [0.2, 0.25) is 0 Å². The van der Waals surface area contributed by atoms with Crippen LogP contribution in [0.4, 0.5) is 5.69 Å². The third kappa shape index (κ3) is 4.34. The maximum absolute atomic E-state index is 12.5. The van der Waals surface area contributed by atoms with Gasteiger partial charge in [0.1, 0.15) is 0 Å². The molecule has 6 heteroatoms. The van der Waals surface area contributed by atoms with Crippen LogP contribution in [0.3, 0.4) is 0 Å². The predicted octanol–water partition coefficient (Wildman–Crippen LogP) is 3.18. The number of aromatic carboxylic acids is 1. The Morgan fingerprint density at radius 1 is 1.04 bits per heavy atom. The highest BCUT2D eigenvalue weighted by Gasteiger charge is 2.28. The van der Waals surface area contributed by atoms with Gasteiger partial charge >= 0.3 is 5.97 Å². The number of likely N-dealkylation sites (tertiary alicyclic amines) is 1. The molecule has 1 fully saturated rings. The maximum Gasteiger partial charge on any atom is 0.335 e. The Morgan fingerprint density at radius 2 is 1.70 bits per heavy atom. The van der Waals surface area contributed by atoms with Crippen molar-refractivity contribution in [1.29, 1.82) is 0 Å². The number of piperidine rings is 1. The standard InChI is InChI=1S/C21H22N2O4/c1-14-13-17(7-8-18(14)21(26)27)22-19(24)15-9-11-23(12-10-15)20(25)16-5-3-2-4-6-16/h2-8,13,15H,9-12H2,1H3,(H,22,24)(H,26,27). The fraction of sp³-hybridized carbons (Fsp3) is 0.286. The van der Waals surface area contributed by atoms with Gasteiger partial charge in [0.05, 0.1) is 5.56 Å². The number of amides is 2. The van der Waals surface area contributed by atoms with Gasteiger partial charge in [-0.1, -0.05) is 18.2 Å². The van der Waals surface area contributed by atoms with E-state index in [2.05, 4.69) is 5.32 Å². The fourth-order valence-electron chi connectivity index (χ4n) is 3.33. The lowest BCUT2D eigenvalue weighted by molar-refractivity contribution is -0.121. The average molecular weight is 366 g/mol. The van der Waals surface area contributed by atoms with E-state index in [4.69, 9.17) is 5.11 Å². The molecule has 2 N–H and O–H groups in total. The minimum Gasteiger partial charge on any atom is -0.478 e. The number of carboxylic acid groups (broad SMARTS) is 1. The van der Waals surface area contributed by atoms with Crippen molar-refractivity contribution in [2.45, 2.75) is 19.8 Å². The number of nitrogens with one attached hydrogen (secondary N) is 1. The van der Waals surface area contributed by atoms with Crippen molar-refractivity contribution in [1.82, 2.24) is 4.90 Å². The summed E-state index contributed by atoms with van der Waals surface area (Å²) in [7, 11) is 0. The molecule has 0 bridgehead atoms. The molecular formula is C21H22N2O4. The van der Waals surface area contributed by atoms with Crippen molar-refractivity contribution in [3.63, 3.8) is 0 Å². The van der Waals surface area contributed by atoms with Gasteiger partial charge in [0, 0.05) is 30.3 Å². The lowest BCUT2D eigenvalue weighted by Gasteiger charge is -2.31. The lowest BCUT2D eigenvalue weighted by atomic mass is 9.95. The Bertz CT molecular complexity index is 856. The Kier molecular flexibility index (Phi) is 5.54. The second-order valence-corrected chi connectivity index (χ2v) is 6.76. The first kappa shape index (κ1) is 18.6. The van der Waals surface area contributed by atoms with Crippen molar-refractivity contribution < 1.29 is 19.5 Å². The molecule has 0 aliphatic carbocycles. The summed E-state index contributed by atoms with van der Waals surface area (Å²) in [6, 6.07) is 13.9. The molecule has 0 unspecified atom stereocenters. The summed E-state index contributed by atoms with van der Waals surface area (Å²) in [6.45, 7) is 2.79. The van der Waals surface area contributed by atoms with E-state index >= 15 is 0 Å². The van der Waals surface area contributed by atoms with Gasteiger partial charge in [0.2, 0.25) is 5.91 Å². The molecular weight excluding hydrogens is 344 g/mol. The van der Waals surface area contributed by atoms with Crippen LogP contribution < -0.4 is 5.32 Å². The van der Waals surface area contributed by atoms with Crippen LogP contribution in [-0.4, -0.2) is 40.9 Å². The molecule has 0 saturated carbocycles. The summed E-state index contributed by atoms with van der Waals surface area (Å²) in [5.74, 6) is -1.25. The van der Waals surface area contributed by atoms with Gasteiger partial charge in [-0.25, -0.2) is 4.79 Å². The first-order valence-corrected chi connectivity index (χ1v) is 8.95. The van der Waals surface area contributed by atoms with Gasteiger partial charge in [-0.15, -0.1) is 0 Å². The van der Waals surface area contributed by atoms with Gasteiger partial charge in [-0.2, -0.15) is 0 Å². The van der Waals surface area contributed by atoms with E-state index in [1.165, 1.54) is 6.07 Å². The summed E-state index contributed by atoms with van der Waals surface area (Å²) in [5, 5.41) is 11.9. The van der Waals surface area contributed by atoms with Crippen LogP contribution >= 0.6 is 0 Å². The second-order valence-electron chi connectivity index (χ2n) is 6.76. The summed E-state index contributed by atoms with van der Waals surface area (Å²) in [4.78, 5) is 37.8. The average Bonchev–Trinajstić information content (AvgIpc) is 2.68. The molecule has 0 atom stereocenters. The smallest absolute Gasteiger partial charge is 0.335 e. The Balaban J connectivity index is 1.56. The number of rotatable bonds is 4. The molecule has 140 valence electrons. The van der Waals surface area contributed by atoms with E-state index in [1.807, 2.05) is 18.2 Å². The highest BCUT2D eigenvalue weighted by atomic mass is 16.4. The Hall–Kier alpha value is -3.15. The lowest BCUT2D eigenvalue weighted by Crippen LogP contribution is -2.41. The molecule has 6 nitrogen and oxygen atoms in total. The van der Waals surface area contributed by atoms with Crippen LogP contribution in [0.5, 0.6) is 0 Å². The first-order chi connectivity index (χ1) is 13.0. The zero-order valence-corrected chi connectivity index (χ0v) is 15.1. The number of aryl methyl sites for hydroxylation is 1. The van der Waals surface area contributed by atoms with Gasteiger partial charge in [-0.05, 0) is 55.7 Å². The Morgan fingerprint density at radius 3 is 2.30 bits per heavy atom. The zero-order chi connectivity index (χ0) is 19.4. The highest BCUT2D eigenvalue weighted by molar-refractivity contribution is 5.96. The Labute approximate surface area is 157 Å². The minimum atomic E-state index is -0.985. The van der Waals surface area contributed by atoms with E-state index in [0.717, 1.165) is 0 Å². The van der Waals surface area contributed by atoms with E-state index in [-0.39, 0.29) is 23.3 Å². The molecule has 0 radical (unpaired) electrons. The largest absolute Gasteiger partial charge is 0.478 e. The van der Waals surface area contributed by atoms with E-state index in [1.54, 1.807) is 36.1 Å². The van der Waals surface area contributed by atoms with Crippen molar-refractivity contribution in [3.05, 3.63) is 65.2 Å². The first-order valence-electron chi connectivity index (χ1n) is 8.95. The molecule has 3 rings (SSSR count). The monoisotopic (exact) mass is 366 g/mol. The molecule has 0 aromatic heterocycles. The molecule has 1 aliphatic rings. The van der Waals surface area contributed by atoms with Crippen molar-refractivity contribution in [3.8, 4) is 0 Å². The number of hydrogen-bond acceptors (Lipinski definition) is 3. The van der Waals surface area contributed by atoms with Gasteiger partial charge in [0.25, 0.3) is 5.91 Å². The fourth-order valence-corrected chi connectivity index (χ4v) is 3.33. The quantitative estimate of drug-likeness (QED) is 0.870. The molecule has 27 heavy (non-hydrogen) atoms. The number of carboxylic acids is 1. The number of nitrogens with zero attached hydrogens (tertiary/aromatic N) is 1. The predicted molar refractivity (Wildman–Crippen MR) is 102 cm³/mol. The second kappa shape index (κ2) is 8.03. The molecule has 2 aromatic carbocycles. The van der Waals surface area contributed by atoms with E-state index in [9.17, 15) is 14.4 Å². The minimum absolute atomic E-state index is 0.00524. The SMILES string of the molecule is Cc1cc(NC(=O)C2CCN(C(=O)c3ccccc3)CC2)ccc1C(=O)O. The third-order valence-electron chi connectivity index (χ3n) is 4.90. The van der Waals surface area contributed by atoms with Crippen LogP contribution in [0.1, 0.15) is 39.1 Å². The molecule has 0 spiro atoms. The molecule has 1 aliphatic heterocycles. The summed E-state index contributed by atoms with van der Waals surface area (Å²) < 4.78 is 0. The van der Waals surface area contributed by atoms with Crippen LogP contribution in [0, 0.1) is 12.8 Å². The number of hydrogen-bond donors (Lipinski definition) is 2. The topological polar surface area (TPSA) is 86.7 Å². The molecule has 2 amide bonds. The normalized spacial score (nSPS) is 14.6. The summed E-state index contributed by atoms with van der Waals surface area (Å²) >= 11 is 0. The number of carbonyl (C=O) groups is 3.